The first kappa shape index (κ1) is 15.9. The maximum absolute atomic E-state index is 11.6. The number of nitrogens with one attached hydrogen (secondary N) is 1. The number of sulfone groups is 1. The molecular weight excluding hydrogens is 310 g/mol. The Morgan fingerprint density at radius 3 is 2.77 bits per heavy atom. The zero-order valence-electron chi connectivity index (χ0n) is 11.8. The predicted molar refractivity (Wildman–Crippen MR) is 79.3 cm³/mol. The van der Waals surface area contributed by atoms with Gasteiger partial charge in [-0.3, -0.25) is 14.8 Å². The zero-order chi connectivity index (χ0) is 16.2. The standard InChI is InChI=1S/C12H15N5O4S/c1-22(20,21)11-5-2-4-10(12(11)17(18)19)13-6-3-8-16-9-7-14-15-16/h2,4-5,7,9,13H,3,6,8H2,1H3. The van der Waals surface area contributed by atoms with Crippen LogP contribution < -0.4 is 5.32 Å². The fourth-order valence-corrected chi connectivity index (χ4v) is 2.83. The van der Waals surface area contributed by atoms with Crippen LogP contribution in [0.2, 0.25) is 0 Å². The number of hydrogen-bond acceptors (Lipinski definition) is 7. The number of aryl methyl sites for hydroxylation is 1. The molecule has 1 aromatic heterocycles. The minimum atomic E-state index is -3.67. The largest absolute Gasteiger partial charge is 0.379 e. The smallest absolute Gasteiger partial charge is 0.310 e. The summed E-state index contributed by atoms with van der Waals surface area (Å²) in [6.45, 7) is 1.04. The van der Waals surface area contributed by atoms with Crippen molar-refractivity contribution < 1.29 is 13.3 Å². The third-order valence-electron chi connectivity index (χ3n) is 2.93. The summed E-state index contributed by atoms with van der Waals surface area (Å²) in [6, 6.07) is 4.19. The molecule has 22 heavy (non-hydrogen) atoms. The highest BCUT2D eigenvalue weighted by Crippen LogP contribution is 2.31. The summed E-state index contributed by atoms with van der Waals surface area (Å²) in [5.74, 6) is 0. The van der Waals surface area contributed by atoms with Gasteiger partial charge in [-0.15, -0.1) is 5.10 Å². The molecule has 0 aliphatic heterocycles. The normalized spacial score (nSPS) is 11.3. The molecule has 0 unspecified atom stereocenters. The maximum Gasteiger partial charge on any atom is 0.310 e. The molecular formula is C12H15N5O4S. The van der Waals surface area contributed by atoms with Gasteiger partial charge in [-0.25, -0.2) is 8.42 Å². The number of hydrogen-bond donors (Lipinski definition) is 1. The van der Waals surface area contributed by atoms with Crippen LogP contribution in [0, 0.1) is 10.1 Å². The highest BCUT2D eigenvalue weighted by molar-refractivity contribution is 7.90. The van der Waals surface area contributed by atoms with Crippen molar-refractivity contribution in [2.45, 2.75) is 17.9 Å². The van der Waals surface area contributed by atoms with Gasteiger partial charge in [-0.2, -0.15) is 0 Å². The Morgan fingerprint density at radius 1 is 1.41 bits per heavy atom. The van der Waals surface area contributed by atoms with E-state index in [0.717, 1.165) is 6.26 Å². The first-order valence-corrected chi connectivity index (χ1v) is 8.34. The van der Waals surface area contributed by atoms with E-state index < -0.39 is 20.4 Å². The average molecular weight is 325 g/mol. The molecule has 10 heteroatoms. The van der Waals surface area contributed by atoms with Crippen molar-refractivity contribution in [3.05, 3.63) is 40.7 Å². The SMILES string of the molecule is CS(=O)(=O)c1cccc(NCCCn2ccnn2)c1[N+](=O)[O-]. The van der Waals surface area contributed by atoms with E-state index in [2.05, 4.69) is 15.6 Å². The predicted octanol–water partition coefficient (Wildman–Crippen LogP) is 1.09. The Bertz CT molecular complexity index is 758. The minimum Gasteiger partial charge on any atom is -0.379 e. The van der Waals surface area contributed by atoms with Crippen molar-refractivity contribution >= 4 is 21.2 Å². The van der Waals surface area contributed by atoms with Crippen molar-refractivity contribution in [2.24, 2.45) is 0 Å². The van der Waals surface area contributed by atoms with Crippen LogP contribution in [-0.4, -0.2) is 41.1 Å². The molecule has 2 rings (SSSR count). The first-order chi connectivity index (χ1) is 10.4. The molecule has 0 atom stereocenters. The fraction of sp³-hybridized carbons (Fsp3) is 0.333. The number of anilines is 1. The van der Waals surface area contributed by atoms with Gasteiger partial charge in [0.25, 0.3) is 0 Å². The first-order valence-electron chi connectivity index (χ1n) is 6.45. The fourth-order valence-electron chi connectivity index (χ4n) is 1.97. The van der Waals surface area contributed by atoms with E-state index in [0.29, 0.717) is 19.5 Å². The molecule has 1 heterocycles. The molecule has 0 aliphatic carbocycles. The molecule has 9 nitrogen and oxygen atoms in total. The lowest BCUT2D eigenvalue weighted by Crippen LogP contribution is -2.10. The molecule has 0 bridgehead atoms. The van der Waals surface area contributed by atoms with Gasteiger partial charge < -0.3 is 5.32 Å². The second-order valence-electron chi connectivity index (χ2n) is 4.63. The summed E-state index contributed by atoms with van der Waals surface area (Å²) in [7, 11) is -3.67. The van der Waals surface area contributed by atoms with Crippen LogP contribution in [0.5, 0.6) is 0 Å². The molecule has 0 amide bonds. The number of para-hydroxylation sites is 1. The van der Waals surface area contributed by atoms with Gasteiger partial charge in [0.15, 0.2) is 9.84 Å². The van der Waals surface area contributed by atoms with Crippen molar-refractivity contribution in [1.82, 2.24) is 15.0 Å². The summed E-state index contributed by atoms with van der Waals surface area (Å²) in [5, 5.41) is 21.6. The number of rotatable bonds is 7. The number of nitro benzene ring substituents is 1. The maximum atomic E-state index is 11.6. The van der Waals surface area contributed by atoms with Gasteiger partial charge in [-0.05, 0) is 18.6 Å². The highest BCUT2D eigenvalue weighted by atomic mass is 32.2. The third kappa shape index (κ3) is 3.79. The van der Waals surface area contributed by atoms with E-state index >= 15 is 0 Å². The van der Waals surface area contributed by atoms with Gasteiger partial charge >= 0.3 is 5.69 Å². The second-order valence-corrected chi connectivity index (χ2v) is 6.61. The van der Waals surface area contributed by atoms with E-state index in [9.17, 15) is 18.5 Å². The molecule has 0 spiro atoms. The number of benzene rings is 1. The van der Waals surface area contributed by atoms with Crippen LogP contribution in [0.25, 0.3) is 0 Å². The van der Waals surface area contributed by atoms with Crippen LogP contribution in [0.3, 0.4) is 0 Å². The summed E-state index contributed by atoms with van der Waals surface area (Å²) < 4.78 is 24.9. The van der Waals surface area contributed by atoms with Gasteiger partial charge in [0.05, 0.1) is 11.1 Å². The van der Waals surface area contributed by atoms with Gasteiger partial charge in [0.1, 0.15) is 10.6 Å². The monoisotopic (exact) mass is 325 g/mol. The second kappa shape index (κ2) is 6.52. The lowest BCUT2D eigenvalue weighted by molar-refractivity contribution is -0.386. The summed E-state index contributed by atoms with van der Waals surface area (Å²) in [4.78, 5) is 10.2. The van der Waals surface area contributed by atoms with Crippen LogP contribution in [0.4, 0.5) is 11.4 Å². The summed E-state index contributed by atoms with van der Waals surface area (Å²) in [5.41, 5.74) is -0.239. The molecule has 0 radical (unpaired) electrons. The van der Waals surface area contributed by atoms with Crippen molar-refractivity contribution in [3.8, 4) is 0 Å². The topological polar surface area (TPSA) is 120 Å². The van der Waals surface area contributed by atoms with Gasteiger partial charge in [0.2, 0.25) is 0 Å². The van der Waals surface area contributed by atoms with E-state index in [1.54, 1.807) is 17.1 Å². The van der Waals surface area contributed by atoms with Crippen LogP contribution in [0.1, 0.15) is 6.42 Å². The van der Waals surface area contributed by atoms with Gasteiger partial charge in [-0.1, -0.05) is 11.3 Å². The van der Waals surface area contributed by atoms with Crippen molar-refractivity contribution in [3.63, 3.8) is 0 Å². The Morgan fingerprint density at radius 2 is 2.18 bits per heavy atom. The molecule has 118 valence electrons. The molecule has 0 aliphatic rings. The Labute approximate surface area is 127 Å². The molecule has 1 N–H and O–H groups in total. The summed E-state index contributed by atoms with van der Waals surface area (Å²) in [6.07, 6.45) is 4.88. The van der Waals surface area contributed by atoms with E-state index in [4.69, 9.17) is 0 Å². The molecule has 1 aromatic carbocycles. The lowest BCUT2D eigenvalue weighted by atomic mass is 10.2. The lowest BCUT2D eigenvalue weighted by Gasteiger charge is -2.09. The molecule has 0 saturated heterocycles. The minimum absolute atomic E-state index is 0.187. The van der Waals surface area contributed by atoms with Crippen LogP contribution in [0.15, 0.2) is 35.5 Å². The van der Waals surface area contributed by atoms with Crippen LogP contribution >= 0.6 is 0 Å². The van der Waals surface area contributed by atoms with Crippen molar-refractivity contribution in [1.29, 1.82) is 0 Å². The quantitative estimate of drug-likeness (QED) is 0.459. The molecule has 0 saturated carbocycles. The highest BCUT2D eigenvalue weighted by Gasteiger charge is 2.25. The van der Waals surface area contributed by atoms with Crippen molar-refractivity contribution in [2.75, 3.05) is 18.1 Å². The van der Waals surface area contributed by atoms with E-state index in [1.165, 1.54) is 18.2 Å². The Hall–Kier alpha value is -2.49. The Balaban J connectivity index is 2.12. The molecule has 2 aromatic rings. The third-order valence-corrected chi connectivity index (χ3v) is 4.06. The number of aromatic nitrogens is 3. The summed E-state index contributed by atoms with van der Waals surface area (Å²) >= 11 is 0. The average Bonchev–Trinajstić information content (AvgIpc) is 2.95. The van der Waals surface area contributed by atoms with E-state index in [1.807, 2.05) is 0 Å². The number of nitrogens with zero attached hydrogens (tertiary/aromatic N) is 4. The number of nitro groups is 1. The van der Waals surface area contributed by atoms with Gasteiger partial charge in [0, 0.05) is 25.5 Å². The van der Waals surface area contributed by atoms with Crippen LogP contribution in [-0.2, 0) is 16.4 Å². The Kier molecular flexibility index (Phi) is 4.71. The molecule has 0 fully saturated rings. The van der Waals surface area contributed by atoms with E-state index in [-0.39, 0.29) is 10.6 Å². The zero-order valence-corrected chi connectivity index (χ0v) is 12.7.